The van der Waals surface area contributed by atoms with E-state index in [1.165, 1.54) is 16.8 Å². The number of benzene rings is 1. The van der Waals surface area contributed by atoms with Crippen LogP contribution in [0.2, 0.25) is 0 Å². The number of guanidine groups is 1. The van der Waals surface area contributed by atoms with Crippen LogP contribution in [0.25, 0.3) is 0 Å². The van der Waals surface area contributed by atoms with Crippen LogP contribution in [-0.2, 0) is 6.54 Å². The van der Waals surface area contributed by atoms with E-state index in [1.807, 2.05) is 6.92 Å². The molecule has 1 fully saturated rings. The maximum Gasteiger partial charge on any atom is 0.246 e. The van der Waals surface area contributed by atoms with Gasteiger partial charge >= 0.3 is 0 Å². The molecule has 142 valence electrons. The van der Waals surface area contributed by atoms with Gasteiger partial charge in [-0.3, -0.25) is 4.99 Å². The van der Waals surface area contributed by atoms with Gasteiger partial charge in [0.1, 0.15) is 0 Å². The zero-order valence-electron chi connectivity index (χ0n) is 15.8. The summed E-state index contributed by atoms with van der Waals surface area (Å²) < 4.78 is 5.14. The van der Waals surface area contributed by atoms with Crippen LogP contribution in [0, 0.1) is 20.8 Å². The van der Waals surface area contributed by atoms with Crippen molar-refractivity contribution < 1.29 is 4.52 Å². The molecule has 2 aromatic rings. The fraction of sp³-hybridized carbons (Fsp3) is 0.500. The molecule has 1 aliphatic rings. The lowest BCUT2D eigenvalue weighted by molar-refractivity contribution is 0.353. The zero-order chi connectivity index (χ0) is 17.8. The summed E-state index contributed by atoms with van der Waals surface area (Å²) in [5, 5.41) is 7.11. The van der Waals surface area contributed by atoms with Crippen LogP contribution in [0.1, 0.15) is 22.8 Å². The number of nitrogens with zero attached hydrogens (tertiary/aromatic N) is 5. The van der Waals surface area contributed by atoms with E-state index in [1.54, 1.807) is 7.05 Å². The first-order valence-corrected chi connectivity index (χ1v) is 8.64. The van der Waals surface area contributed by atoms with E-state index in [0.717, 1.165) is 32.1 Å². The van der Waals surface area contributed by atoms with Crippen LogP contribution in [0.4, 0.5) is 5.69 Å². The number of hydrogen-bond donors (Lipinski definition) is 1. The van der Waals surface area contributed by atoms with Crippen molar-refractivity contribution in [2.75, 3.05) is 38.1 Å². The largest absolute Gasteiger partial charge is 0.368 e. The van der Waals surface area contributed by atoms with Crippen molar-refractivity contribution in [2.24, 2.45) is 4.99 Å². The Balaban J connectivity index is 0.00000243. The Bertz CT molecular complexity index is 752. The molecule has 0 radical (unpaired) electrons. The second kappa shape index (κ2) is 9.20. The predicted octanol–water partition coefficient (Wildman–Crippen LogP) is 2.51. The molecule has 0 aliphatic carbocycles. The van der Waals surface area contributed by atoms with Crippen LogP contribution >= 0.6 is 24.0 Å². The molecule has 3 rings (SSSR count). The van der Waals surface area contributed by atoms with Crippen molar-refractivity contribution in [1.29, 1.82) is 0 Å². The third-order valence-corrected chi connectivity index (χ3v) is 4.68. The van der Waals surface area contributed by atoms with E-state index in [4.69, 9.17) is 4.52 Å². The molecule has 8 heteroatoms. The van der Waals surface area contributed by atoms with E-state index in [0.29, 0.717) is 18.3 Å². The maximum absolute atomic E-state index is 5.14. The maximum atomic E-state index is 5.14. The Hall–Kier alpha value is -1.84. The minimum atomic E-state index is 0. The lowest BCUT2D eigenvalue weighted by Crippen LogP contribution is -2.52. The van der Waals surface area contributed by atoms with Gasteiger partial charge < -0.3 is 19.6 Å². The highest BCUT2D eigenvalue weighted by Crippen LogP contribution is 2.23. The van der Waals surface area contributed by atoms with E-state index in [2.05, 4.69) is 62.3 Å². The normalized spacial score (nSPS) is 15.0. The molecule has 1 aromatic carbocycles. The van der Waals surface area contributed by atoms with E-state index < -0.39 is 0 Å². The first kappa shape index (κ1) is 20.5. The monoisotopic (exact) mass is 470 g/mol. The SMILES string of the molecule is CN=C(NCc1nc(C)no1)N1CCN(c2cccc(C)c2C)CC1.I. The molecule has 0 saturated carbocycles. The molecule has 1 aliphatic heterocycles. The Morgan fingerprint density at radius 1 is 1.19 bits per heavy atom. The average Bonchev–Trinajstić information content (AvgIpc) is 3.04. The summed E-state index contributed by atoms with van der Waals surface area (Å²) in [7, 11) is 1.80. The summed E-state index contributed by atoms with van der Waals surface area (Å²) in [4.78, 5) is 13.3. The van der Waals surface area contributed by atoms with Crippen LogP contribution in [-0.4, -0.2) is 54.2 Å². The van der Waals surface area contributed by atoms with Crippen molar-refractivity contribution in [3.8, 4) is 0 Å². The van der Waals surface area contributed by atoms with Gasteiger partial charge in [0, 0.05) is 38.9 Å². The van der Waals surface area contributed by atoms with Crippen LogP contribution in [0.15, 0.2) is 27.7 Å². The van der Waals surface area contributed by atoms with Gasteiger partial charge in [-0.25, -0.2) is 0 Å². The summed E-state index contributed by atoms with van der Waals surface area (Å²) in [6.45, 7) is 10.5. The predicted molar refractivity (Wildman–Crippen MR) is 114 cm³/mol. The fourth-order valence-corrected chi connectivity index (χ4v) is 3.14. The number of piperazine rings is 1. The van der Waals surface area contributed by atoms with Crippen LogP contribution in [0.3, 0.4) is 0 Å². The van der Waals surface area contributed by atoms with E-state index in [9.17, 15) is 0 Å². The molecular weight excluding hydrogens is 443 g/mol. The van der Waals surface area contributed by atoms with Gasteiger partial charge in [0.2, 0.25) is 5.89 Å². The smallest absolute Gasteiger partial charge is 0.246 e. The second-order valence-corrected chi connectivity index (χ2v) is 6.33. The number of hydrogen-bond acceptors (Lipinski definition) is 5. The highest BCUT2D eigenvalue weighted by atomic mass is 127. The number of nitrogens with one attached hydrogen (secondary N) is 1. The standard InChI is InChI=1S/C18H26N6O.HI/c1-13-6-5-7-16(14(13)2)23-8-10-24(11-9-23)18(19-4)20-12-17-21-15(3)22-25-17;/h5-7H,8-12H2,1-4H3,(H,19,20);1H. The number of aromatic nitrogens is 2. The number of rotatable bonds is 3. The van der Waals surface area contributed by atoms with Crippen molar-refractivity contribution >= 4 is 35.6 Å². The number of halogens is 1. The van der Waals surface area contributed by atoms with Gasteiger partial charge in [-0.15, -0.1) is 24.0 Å². The number of aliphatic imine (C=N–C) groups is 1. The lowest BCUT2D eigenvalue weighted by atomic mass is 10.1. The molecule has 1 N–H and O–H groups in total. The summed E-state index contributed by atoms with van der Waals surface area (Å²) in [5.41, 5.74) is 4.04. The lowest BCUT2D eigenvalue weighted by Gasteiger charge is -2.38. The third kappa shape index (κ3) is 4.66. The Morgan fingerprint density at radius 3 is 2.54 bits per heavy atom. The highest BCUT2D eigenvalue weighted by molar-refractivity contribution is 14.0. The Kier molecular flexibility index (Phi) is 7.24. The summed E-state index contributed by atoms with van der Waals surface area (Å²) in [5.74, 6) is 2.10. The molecule has 0 spiro atoms. The average molecular weight is 470 g/mol. The molecule has 0 amide bonds. The van der Waals surface area contributed by atoms with Crippen molar-refractivity contribution in [2.45, 2.75) is 27.3 Å². The molecule has 1 aromatic heterocycles. The third-order valence-electron chi connectivity index (χ3n) is 4.68. The minimum Gasteiger partial charge on any atom is -0.368 e. The van der Waals surface area contributed by atoms with Crippen molar-refractivity contribution in [3.05, 3.63) is 41.0 Å². The van der Waals surface area contributed by atoms with Crippen molar-refractivity contribution in [3.63, 3.8) is 0 Å². The summed E-state index contributed by atoms with van der Waals surface area (Å²) in [6.07, 6.45) is 0. The topological polar surface area (TPSA) is 69.8 Å². The van der Waals surface area contributed by atoms with Gasteiger partial charge in [-0.1, -0.05) is 17.3 Å². The highest BCUT2D eigenvalue weighted by Gasteiger charge is 2.21. The first-order chi connectivity index (χ1) is 12.1. The number of aryl methyl sites for hydroxylation is 2. The number of anilines is 1. The van der Waals surface area contributed by atoms with E-state index in [-0.39, 0.29) is 24.0 Å². The Morgan fingerprint density at radius 2 is 1.92 bits per heavy atom. The molecule has 2 heterocycles. The molecule has 0 unspecified atom stereocenters. The zero-order valence-corrected chi connectivity index (χ0v) is 18.2. The summed E-state index contributed by atoms with van der Waals surface area (Å²) >= 11 is 0. The van der Waals surface area contributed by atoms with Crippen LogP contribution < -0.4 is 10.2 Å². The van der Waals surface area contributed by atoms with Gasteiger partial charge in [0.05, 0.1) is 6.54 Å². The van der Waals surface area contributed by atoms with E-state index >= 15 is 0 Å². The minimum absolute atomic E-state index is 0. The van der Waals surface area contributed by atoms with Gasteiger partial charge in [-0.2, -0.15) is 4.98 Å². The summed E-state index contributed by atoms with van der Waals surface area (Å²) in [6, 6.07) is 6.51. The second-order valence-electron chi connectivity index (χ2n) is 6.33. The molecule has 0 atom stereocenters. The fourth-order valence-electron chi connectivity index (χ4n) is 3.14. The molecule has 0 bridgehead atoms. The van der Waals surface area contributed by atoms with Gasteiger partial charge in [-0.05, 0) is 38.0 Å². The van der Waals surface area contributed by atoms with Gasteiger partial charge in [0.25, 0.3) is 0 Å². The van der Waals surface area contributed by atoms with Crippen LogP contribution in [0.5, 0.6) is 0 Å². The molecule has 26 heavy (non-hydrogen) atoms. The molecule has 7 nitrogen and oxygen atoms in total. The molecule has 1 saturated heterocycles. The quantitative estimate of drug-likeness (QED) is 0.423. The van der Waals surface area contributed by atoms with Gasteiger partial charge in [0.15, 0.2) is 11.8 Å². The van der Waals surface area contributed by atoms with Crippen molar-refractivity contribution in [1.82, 2.24) is 20.4 Å². The first-order valence-electron chi connectivity index (χ1n) is 8.64. The molecular formula is C18H27IN6O. The Labute approximate surface area is 171 Å².